The minimum atomic E-state index is 0.287. The Labute approximate surface area is 66.7 Å². The van der Waals surface area contributed by atoms with Gasteiger partial charge in [-0.25, -0.2) is 4.98 Å². The van der Waals surface area contributed by atoms with Gasteiger partial charge in [-0.3, -0.25) is 0 Å². The molecule has 1 aromatic heterocycles. The normalized spacial score (nSPS) is 11.0. The van der Waals surface area contributed by atoms with Crippen LogP contribution in [0.15, 0.2) is 0 Å². The van der Waals surface area contributed by atoms with Gasteiger partial charge >= 0.3 is 0 Å². The van der Waals surface area contributed by atoms with E-state index >= 15 is 0 Å². The Morgan fingerprint density at radius 1 is 1.45 bits per heavy atom. The SMILES string of the molecule is Cc1nc(C(C)C)c(O)n1C. The molecule has 0 amide bonds. The van der Waals surface area contributed by atoms with Crippen molar-refractivity contribution in [2.24, 2.45) is 7.05 Å². The van der Waals surface area contributed by atoms with Gasteiger partial charge in [0.15, 0.2) is 0 Å². The molecule has 0 aromatic carbocycles. The molecule has 62 valence electrons. The van der Waals surface area contributed by atoms with Crippen molar-refractivity contribution < 1.29 is 5.11 Å². The van der Waals surface area contributed by atoms with Crippen LogP contribution in [0.25, 0.3) is 0 Å². The Hall–Kier alpha value is -0.990. The number of hydrogen-bond donors (Lipinski definition) is 1. The van der Waals surface area contributed by atoms with Gasteiger partial charge in [0.1, 0.15) is 11.5 Å². The van der Waals surface area contributed by atoms with Gasteiger partial charge in [0.25, 0.3) is 0 Å². The van der Waals surface area contributed by atoms with E-state index in [1.807, 2.05) is 27.8 Å². The van der Waals surface area contributed by atoms with Crippen LogP contribution in [0.2, 0.25) is 0 Å². The molecule has 1 rings (SSSR count). The average Bonchev–Trinajstić information content (AvgIpc) is 2.17. The number of aromatic hydroxyl groups is 1. The highest BCUT2D eigenvalue weighted by atomic mass is 16.3. The van der Waals surface area contributed by atoms with Gasteiger partial charge in [-0.05, 0) is 6.92 Å². The summed E-state index contributed by atoms with van der Waals surface area (Å²) in [5.74, 6) is 1.43. The van der Waals surface area contributed by atoms with Crippen LogP contribution >= 0.6 is 0 Å². The summed E-state index contributed by atoms with van der Waals surface area (Å²) in [7, 11) is 1.81. The van der Waals surface area contributed by atoms with Crippen molar-refractivity contribution in [3.8, 4) is 5.88 Å². The fourth-order valence-corrected chi connectivity index (χ4v) is 1.01. The summed E-state index contributed by atoms with van der Waals surface area (Å²) in [6, 6.07) is 0. The van der Waals surface area contributed by atoms with Crippen LogP contribution in [0.3, 0.4) is 0 Å². The lowest BCUT2D eigenvalue weighted by Gasteiger charge is -2.00. The second-order valence-corrected chi connectivity index (χ2v) is 3.08. The lowest BCUT2D eigenvalue weighted by Crippen LogP contribution is -1.89. The maximum absolute atomic E-state index is 9.49. The molecule has 0 aliphatic heterocycles. The smallest absolute Gasteiger partial charge is 0.214 e. The molecule has 0 saturated heterocycles. The largest absolute Gasteiger partial charge is 0.493 e. The van der Waals surface area contributed by atoms with E-state index < -0.39 is 0 Å². The standard InChI is InChI=1S/C8H14N2O/c1-5(2)7-8(11)10(4)6(3)9-7/h5,11H,1-4H3. The molecule has 1 heterocycles. The molecule has 11 heavy (non-hydrogen) atoms. The number of aromatic nitrogens is 2. The Kier molecular flexibility index (Phi) is 1.89. The van der Waals surface area contributed by atoms with Crippen LogP contribution in [0, 0.1) is 6.92 Å². The van der Waals surface area contributed by atoms with Crippen molar-refractivity contribution in [1.82, 2.24) is 9.55 Å². The van der Waals surface area contributed by atoms with Gasteiger partial charge < -0.3 is 9.67 Å². The molecule has 0 spiro atoms. The van der Waals surface area contributed by atoms with E-state index in [1.54, 1.807) is 4.57 Å². The van der Waals surface area contributed by atoms with Gasteiger partial charge in [0, 0.05) is 13.0 Å². The van der Waals surface area contributed by atoms with Gasteiger partial charge in [-0.15, -0.1) is 0 Å². The second kappa shape index (κ2) is 2.57. The van der Waals surface area contributed by atoms with Crippen LogP contribution in [-0.2, 0) is 7.05 Å². The zero-order valence-electron chi connectivity index (χ0n) is 7.42. The van der Waals surface area contributed by atoms with E-state index in [1.165, 1.54) is 0 Å². The molecule has 3 heteroatoms. The van der Waals surface area contributed by atoms with Gasteiger partial charge in [0.05, 0.1) is 0 Å². The second-order valence-electron chi connectivity index (χ2n) is 3.08. The molecule has 0 radical (unpaired) electrons. The molecule has 0 bridgehead atoms. The highest BCUT2D eigenvalue weighted by Crippen LogP contribution is 2.24. The van der Waals surface area contributed by atoms with E-state index in [0.717, 1.165) is 11.5 Å². The maximum Gasteiger partial charge on any atom is 0.214 e. The molecule has 1 aromatic rings. The minimum Gasteiger partial charge on any atom is -0.493 e. The third kappa shape index (κ3) is 1.23. The van der Waals surface area contributed by atoms with Crippen LogP contribution in [0.1, 0.15) is 31.3 Å². The first kappa shape index (κ1) is 8.11. The van der Waals surface area contributed by atoms with Crippen molar-refractivity contribution in [2.45, 2.75) is 26.7 Å². The third-order valence-electron chi connectivity index (χ3n) is 1.86. The van der Waals surface area contributed by atoms with E-state index in [4.69, 9.17) is 0 Å². The molecule has 0 aliphatic carbocycles. The number of hydrogen-bond acceptors (Lipinski definition) is 2. The Morgan fingerprint density at radius 3 is 2.18 bits per heavy atom. The first-order valence-corrected chi connectivity index (χ1v) is 3.76. The summed E-state index contributed by atoms with van der Waals surface area (Å²) in [6.45, 7) is 5.91. The van der Waals surface area contributed by atoms with Gasteiger partial charge in [0.2, 0.25) is 5.88 Å². The number of nitrogens with zero attached hydrogens (tertiary/aromatic N) is 2. The summed E-state index contributed by atoms with van der Waals surface area (Å²) >= 11 is 0. The van der Waals surface area contributed by atoms with Crippen LogP contribution in [-0.4, -0.2) is 14.7 Å². The fraction of sp³-hybridized carbons (Fsp3) is 0.625. The van der Waals surface area contributed by atoms with Crippen molar-refractivity contribution in [3.63, 3.8) is 0 Å². The Balaban J connectivity index is 3.19. The van der Waals surface area contributed by atoms with E-state index in [2.05, 4.69) is 4.98 Å². The minimum absolute atomic E-state index is 0.287. The molecule has 0 atom stereocenters. The zero-order chi connectivity index (χ0) is 8.59. The topological polar surface area (TPSA) is 38.1 Å². The Bertz CT molecular complexity index is 263. The van der Waals surface area contributed by atoms with Gasteiger partial charge in [-0.2, -0.15) is 0 Å². The molecular formula is C8H14N2O. The molecule has 0 fully saturated rings. The van der Waals surface area contributed by atoms with Crippen molar-refractivity contribution in [1.29, 1.82) is 0 Å². The summed E-state index contributed by atoms with van der Waals surface area (Å²) in [6.07, 6.45) is 0. The van der Waals surface area contributed by atoms with E-state index in [9.17, 15) is 5.11 Å². The molecule has 0 saturated carbocycles. The van der Waals surface area contributed by atoms with Crippen LogP contribution in [0.4, 0.5) is 0 Å². The summed E-state index contributed by atoms with van der Waals surface area (Å²) in [5, 5.41) is 9.49. The van der Waals surface area contributed by atoms with Crippen LogP contribution < -0.4 is 0 Å². The maximum atomic E-state index is 9.49. The van der Waals surface area contributed by atoms with Crippen molar-refractivity contribution >= 4 is 0 Å². The summed E-state index contributed by atoms with van der Waals surface area (Å²) in [4.78, 5) is 4.22. The summed E-state index contributed by atoms with van der Waals surface area (Å²) in [5.41, 5.74) is 0.782. The molecular weight excluding hydrogens is 140 g/mol. The highest BCUT2D eigenvalue weighted by Gasteiger charge is 2.13. The average molecular weight is 154 g/mol. The zero-order valence-corrected chi connectivity index (χ0v) is 7.42. The molecule has 1 N–H and O–H groups in total. The predicted octanol–water partition coefficient (Wildman–Crippen LogP) is 1.56. The fourth-order valence-electron chi connectivity index (χ4n) is 1.01. The monoisotopic (exact) mass is 154 g/mol. The first-order chi connectivity index (χ1) is 5.04. The lowest BCUT2D eigenvalue weighted by molar-refractivity contribution is 0.421. The highest BCUT2D eigenvalue weighted by molar-refractivity contribution is 5.24. The molecule has 0 aliphatic rings. The van der Waals surface area contributed by atoms with E-state index in [0.29, 0.717) is 0 Å². The summed E-state index contributed by atoms with van der Waals surface area (Å²) < 4.78 is 1.69. The Morgan fingerprint density at radius 2 is 2.00 bits per heavy atom. The quantitative estimate of drug-likeness (QED) is 0.666. The number of aryl methyl sites for hydroxylation is 1. The van der Waals surface area contributed by atoms with Crippen molar-refractivity contribution in [3.05, 3.63) is 11.5 Å². The lowest BCUT2D eigenvalue weighted by atomic mass is 10.1. The number of imidazole rings is 1. The third-order valence-corrected chi connectivity index (χ3v) is 1.86. The predicted molar refractivity (Wildman–Crippen MR) is 43.7 cm³/mol. The number of rotatable bonds is 1. The molecule has 0 unspecified atom stereocenters. The first-order valence-electron chi connectivity index (χ1n) is 3.76. The van der Waals surface area contributed by atoms with Crippen molar-refractivity contribution in [2.75, 3.05) is 0 Å². The van der Waals surface area contributed by atoms with Crippen LogP contribution in [0.5, 0.6) is 5.88 Å². The van der Waals surface area contributed by atoms with E-state index in [-0.39, 0.29) is 11.8 Å². The molecule has 3 nitrogen and oxygen atoms in total. The van der Waals surface area contributed by atoms with Gasteiger partial charge in [-0.1, -0.05) is 13.8 Å².